The van der Waals surface area contributed by atoms with E-state index >= 15 is 0 Å². The molecule has 0 bridgehead atoms. The topological polar surface area (TPSA) is 45.2 Å². The van der Waals surface area contributed by atoms with E-state index in [0.717, 1.165) is 37.3 Å². The van der Waals surface area contributed by atoms with Crippen LogP contribution >= 0.6 is 11.6 Å². The molecule has 1 aliphatic heterocycles. The molecule has 2 heterocycles. The van der Waals surface area contributed by atoms with Crippen LogP contribution in [0.15, 0.2) is 48.8 Å². The van der Waals surface area contributed by atoms with Crippen molar-refractivity contribution in [2.24, 2.45) is 0 Å². The molecule has 0 saturated carbocycles. The molecule has 1 saturated heterocycles. The molecule has 1 amide bonds. The Kier molecular flexibility index (Phi) is 4.71. The van der Waals surface area contributed by atoms with E-state index in [4.69, 9.17) is 11.6 Å². The Hall–Kier alpha value is -1.91. The lowest BCUT2D eigenvalue weighted by Crippen LogP contribution is -2.48. The van der Waals surface area contributed by atoms with Crippen LogP contribution in [-0.4, -0.2) is 42.0 Å². The summed E-state index contributed by atoms with van der Waals surface area (Å²) in [6.07, 6.45) is 3.48. The van der Waals surface area contributed by atoms with E-state index < -0.39 is 0 Å². The fraction of sp³-hybridized carbons (Fsp3) is 0.294. The maximum absolute atomic E-state index is 13.0. The lowest BCUT2D eigenvalue weighted by Gasteiger charge is -2.31. The zero-order valence-corrected chi connectivity index (χ0v) is 13.0. The number of nitrogens with one attached hydrogen (secondary N) is 1. The highest BCUT2D eigenvalue weighted by molar-refractivity contribution is 6.30. The van der Waals surface area contributed by atoms with Gasteiger partial charge in [0.05, 0.1) is 5.92 Å². The lowest BCUT2D eigenvalue weighted by atomic mass is 9.91. The van der Waals surface area contributed by atoms with Crippen molar-refractivity contribution in [3.8, 4) is 0 Å². The number of hydrogen-bond donors (Lipinski definition) is 1. The van der Waals surface area contributed by atoms with Crippen LogP contribution in [0.25, 0.3) is 0 Å². The third-order valence-electron chi connectivity index (χ3n) is 3.90. The molecule has 1 fully saturated rings. The first-order valence-corrected chi connectivity index (χ1v) is 7.78. The van der Waals surface area contributed by atoms with E-state index in [2.05, 4.69) is 10.3 Å². The molecule has 1 aromatic heterocycles. The largest absolute Gasteiger partial charge is 0.339 e. The number of pyridine rings is 1. The molecule has 1 aliphatic rings. The smallest absolute Gasteiger partial charge is 0.234 e. The maximum atomic E-state index is 13.0. The molecular weight excluding hydrogens is 298 g/mol. The van der Waals surface area contributed by atoms with Gasteiger partial charge in [0.2, 0.25) is 5.91 Å². The Morgan fingerprint density at radius 1 is 1.14 bits per heavy atom. The van der Waals surface area contributed by atoms with E-state index in [9.17, 15) is 4.79 Å². The van der Waals surface area contributed by atoms with E-state index in [-0.39, 0.29) is 11.8 Å². The number of halogens is 1. The van der Waals surface area contributed by atoms with Gasteiger partial charge >= 0.3 is 0 Å². The molecule has 5 heteroatoms. The SMILES string of the molecule is O=C(C(c1ccc(Cl)cc1)c1cccnc1)N1CCNCC1. The van der Waals surface area contributed by atoms with Crippen molar-refractivity contribution < 1.29 is 4.79 Å². The predicted molar refractivity (Wildman–Crippen MR) is 87.0 cm³/mol. The molecule has 3 rings (SSSR count). The predicted octanol–water partition coefficient (Wildman–Crippen LogP) is 2.30. The summed E-state index contributed by atoms with van der Waals surface area (Å²) in [5.74, 6) is -0.208. The van der Waals surface area contributed by atoms with Crippen LogP contribution in [0.1, 0.15) is 17.0 Å². The van der Waals surface area contributed by atoms with Gasteiger partial charge in [0.15, 0.2) is 0 Å². The van der Waals surface area contributed by atoms with Crippen LogP contribution in [0, 0.1) is 0 Å². The summed E-state index contributed by atoms with van der Waals surface area (Å²) in [6.45, 7) is 3.16. The van der Waals surface area contributed by atoms with E-state index in [1.807, 2.05) is 41.3 Å². The molecule has 1 unspecified atom stereocenters. The number of rotatable bonds is 3. The summed E-state index contributed by atoms with van der Waals surface area (Å²) >= 11 is 5.97. The summed E-state index contributed by atoms with van der Waals surface area (Å²) in [5, 5.41) is 3.94. The molecule has 0 spiro atoms. The van der Waals surface area contributed by atoms with Crippen molar-refractivity contribution in [2.75, 3.05) is 26.2 Å². The van der Waals surface area contributed by atoms with Gasteiger partial charge in [-0.15, -0.1) is 0 Å². The summed E-state index contributed by atoms with van der Waals surface area (Å²) in [5.41, 5.74) is 1.86. The van der Waals surface area contributed by atoms with Gasteiger partial charge in [0.25, 0.3) is 0 Å². The molecule has 0 aliphatic carbocycles. The molecule has 4 nitrogen and oxygen atoms in total. The minimum Gasteiger partial charge on any atom is -0.339 e. The second kappa shape index (κ2) is 6.90. The highest BCUT2D eigenvalue weighted by atomic mass is 35.5. The number of amides is 1. The van der Waals surface area contributed by atoms with Crippen molar-refractivity contribution in [2.45, 2.75) is 5.92 Å². The first-order valence-electron chi connectivity index (χ1n) is 7.40. The van der Waals surface area contributed by atoms with Crippen molar-refractivity contribution in [1.29, 1.82) is 0 Å². The van der Waals surface area contributed by atoms with Gasteiger partial charge in [-0.2, -0.15) is 0 Å². The Labute approximate surface area is 135 Å². The standard InChI is InChI=1S/C17H18ClN3O/c18-15-5-3-13(4-6-15)16(14-2-1-7-20-12-14)17(22)21-10-8-19-9-11-21/h1-7,12,16,19H,8-11H2. The number of nitrogens with zero attached hydrogens (tertiary/aromatic N) is 2. The normalized spacial score (nSPS) is 16.3. The Bertz CT molecular complexity index is 624. The second-order valence-corrected chi connectivity index (χ2v) is 5.78. The monoisotopic (exact) mass is 315 g/mol. The van der Waals surface area contributed by atoms with Crippen molar-refractivity contribution >= 4 is 17.5 Å². The minimum atomic E-state index is -0.330. The van der Waals surface area contributed by atoms with Crippen LogP contribution < -0.4 is 5.32 Å². The van der Waals surface area contributed by atoms with Crippen molar-refractivity contribution in [3.63, 3.8) is 0 Å². The van der Waals surface area contributed by atoms with Gasteiger partial charge < -0.3 is 10.2 Å². The molecule has 114 valence electrons. The average Bonchev–Trinajstić information content (AvgIpc) is 2.58. The minimum absolute atomic E-state index is 0.122. The van der Waals surface area contributed by atoms with E-state index in [0.29, 0.717) is 5.02 Å². The molecule has 1 N–H and O–H groups in total. The highest BCUT2D eigenvalue weighted by Crippen LogP contribution is 2.27. The molecule has 0 radical (unpaired) electrons. The van der Waals surface area contributed by atoms with Crippen LogP contribution in [0.5, 0.6) is 0 Å². The lowest BCUT2D eigenvalue weighted by molar-refractivity contribution is -0.132. The zero-order chi connectivity index (χ0) is 15.4. The molecule has 2 aromatic rings. The summed E-state index contributed by atoms with van der Waals surface area (Å²) in [7, 11) is 0. The Morgan fingerprint density at radius 2 is 1.86 bits per heavy atom. The van der Waals surface area contributed by atoms with Crippen LogP contribution in [0.3, 0.4) is 0 Å². The average molecular weight is 316 g/mol. The van der Waals surface area contributed by atoms with E-state index in [1.54, 1.807) is 12.4 Å². The number of carbonyl (C=O) groups excluding carboxylic acids is 1. The van der Waals surface area contributed by atoms with Gasteiger partial charge in [-0.05, 0) is 29.3 Å². The van der Waals surface area contributed by atoms with Gasteiger partial charge in [0.1, 0.15) is 0 Å². The Balaban J connectivity index is 1.95. The molecule has 1 aromatic carbocycles. The van der Waals surface area contributed by atoms with Gasteiger partial charge in [-0.3, -0.25) is 9.78 Å². The number of hydrogen-bond acceptors (Lipinski definition) is 3. The van der Waals surface area contributed by atoms with E-state index in [1.165, 1.54) is 0 Å². The second-order valence-electron chi connectivity index (χ2n) is 5.35. The first-order chi connectivity index (χ1) is 10.8. The summed E-state index contributed by atoms with van der Waals surface area (Å²) in [6, 6.07) is 11.3. The van der Waals surface area contributed by atoms with Crippen molar-refractivity contribution in [1.82, 2.24) is 15.2 Å². The molecular formula is C17H18ClN3O. The number of benzene rings is 1. The number of piperazine rings is 1. The Morgan fingerprint density at radius 3 is 2.50 bits per heavy atom. The third-order valence-corrected chi connectivity index (χ3v) is 4.15. The number of aromatic nitrogens is 1. The zero-order valence-electron chi connectivity index (χ0n) is 12.2. The number of carbonyl (C=O) groups is 1. The molecule has 1 atom stereocenters. The first kappa shape index (κ1) is 15.0. The quantitative estimate of drug-likeness (QED) is 0.945. The van der Waals surface area contributed by atoms with Gasteiger partial charge in [-0.25, -0.2) is 0 Å². The van der Waals surface area contributed by atoms with Gasteiger partial charge in [-0.1, -0.05) is 29.8 Å². The van der Waals surface area contributed by atoms with Crippen LogP contribution in [-0.2, 0) is 4.79 Å². The fourth-order valence-electron chi connectivity index (χ4n) is 2.75. The highest BCUT2D eigenvalue weighted by Gasteiger charge is 2.28. The fourth-order valence-corrected chi connectivity index (χ4v) is 2.87. The summed E-state index contributed by atoms with van der Waals surface area (Å²) in [4.78, 5) is 19.1. The third kappa shape index (κ3) is 3.29. The molecule has 22 heavy (non-hydrogen) atoms. The summed E-state index contributed by atoms with van der Waals surface area (Å²) < 4.78 is 0. The van der Waals surface area contributed by atoms with Gasteiger partial charge in [0, 0.05) is 43.6 Å². The van der Waals surface area contributed by atoms with Crippen molar-refractivity contribution in [3.05, 3.63) is 64.9 Å². The maximum Gasteiger partial charge on any atom is 0.234 e. The van der Waals surface area contributed by atoms with Crippen LogP contribution in [0.4, 0.5) is 0 Å². The van der Waals surface area contributed by atoms with Crippen LogP contribution in [0.2, 0.25) is 5.02 Å².